The summed E-state index contributed by atoms with van der Waals surface area (Å²) in [7, 11) is -1.15. The van der Waals surface area contributed by atoms with E-state index in [9.17, 15) is 9.90 Å². The monoisotopic (exact) mass is 614 g/mol. The number of piperazine rings is 1. The van der Waals surface area contributed by atoms with Crippen LogP contribution in [-0.4, -0.2) is 101 Å². The van der Waals surface area contributed by atoms with Gasteiger partial charge in [0.05, 0.1) is 11.4 Å². The summed E-state index contributed by atoms with van der Waals surface area (Å²) >= 11 is 0. The molecule has 5 rings (SSSR count). The summed E-state index contributed by atoms with van der Waals surface area (Å²) in [4.78, 5) is 25.7. The molecule has 11 heteroatoms. The molecule has 2 aromatic heterocycles. The van der Waals surface area contributed by atoms with Gasteiger partial charge in [0.25, 0.3) is 0 Å². The van der Waals surface area contributed by atoms with Crippen molar-refractivity contribution >= 4 is 31.0 Å². The zero-order valence-corrected chi connectivity index (χ0v) is 28.3. The lowest BCUT2D eigenvalue weighted by molar-refractivity contribution is -0.000953. The summed E-state index contributed by atoms with van der Waals surface area (Å²) < 4.78 is 14.0. The number of hydrogen-bond acceptors (Lipinski definition) is 7. The zero-order valence-electron chi connectivity index (χ0n) is 27.3. The Balaban J connectivity index is 1.27. The molecule has 0 aromatic carbocycles. The van der Waals surface area contributed by atoms with Crippen molar-refractivity contribution in [1.29, 1.82) is 0 Å². The number of ether oxygens (including phenoxy) is 2. The Bertz CT molecular complexity index is 1230. The van der Waals surface area contributed by atoms with E-state index in [-0.39, 0.29) is 11.5 Å². The molecule has 1 amide bonds. The Morgan fingerprint density at radius 2 is 1.81 bits per heavy atom. The molecular formula is C32H54N6O4Si. The minimum atomic E-state index is -1.15. The third-order valence-electron chi connectivity index (χ3n) is 9.78. The first kappa shape index (κ1) is 32.2. The number of amides is 1. The summed E-state index contributed by atoms with van der Waals surface area (Å²) in [5.74, 6) is 1.38. The number of carbonyl (C=O) groups is 1. The lowest BCUT2D eigenvalue weighted by Crippen LogP contribution is -2.61. The highest BCUT2D eigenvalue weighted by molar-refractivity contribution is 6.76. The van der Waals surface area contributed by atoms with E-state index >= 15 is 0 Å². The molecule has 3 aliphatic rings. The molecule has 2 aromatic rings. The minimum absolute atomic E-state index is 0.0102. The Hall–Kier alpha value is -2.21. The van der Waals surface area contributed by atoms with Gasteiger partial charge < -0.3 is 29.4 Å². The lowest BCUT2D eigenvalue weighted by atomic mass is 9.82. The van der Waals surface area contributed by atoms with Crippen molar-refractivity contribution < 1.29 is 19.4 Å². The number of nitrogens with one attached hydrogen (secondary N) is 1. The van der Waals surface area contributed by atoms with Crippen LogP contribution < -0.4 is 5.32 Å². The fourth-order valence-corrected chi connectivity index (χ4v) is 7.86. The van der Waals surface area contributed by atoms with Gasteiger partial charge in [-0.2, -0.15) is 0 Å². The van der Waals surface area contributed by atoms with E-state index in [0.29, 0.717) is 31.3 Å². The van der Waals surface area contributed by atoms with E-state index in [1.165, 1.54) is 5.56 Å². The Morgan fingerprint density at radius 1 is 1.09 bits per heavy atom. The standard InChI is InChI=1S/C32H54N6O4Si/c1-32(2,3)27-20-36(13-14-38(27)31(39)40)25-9-7-24(8-10-25)35-29-28-26(23-11-15-41-16-12-23)19-37(30(28)34-21-33-29)22-42-17-18-43(4,5)6/h19,21,23-25,27H,7-18,20,22H2,1-6H3,(H,39,40)(H,33,34,35). The maximum absolute atomic E-state index is 11.9. The van der Waals surface area contributed by atoms with Crippen molar-refractivity contribution in [3.05, 3.63) is 18.1 Å². The Labute approximate surface area is 258 Å². The van der Waals surface area contributed by atoms with Crippen LogP contribution in [0.2, 0.25) is 25.7 Å². The molecule has 2 aliphatic heterocycles. The van der Waals surface area contributed by atoms with Gasteiger partial charge in [-0.05, 0) is 61.5 Å². The fraction of sp³-hybridized carbons (Fsp3) is 0.781. The van der Waals surface area contributed by atoms with Crippen LogP contribution in [0.3, 0.4) is 0 Å². The number of fused-ring (bicyclic) bond motifs is 1. The Morgan fingerprint density at radius 3 is 2.47 bits per heavy atom. The first-order chi connectivity index (χ1) is 20.4. The van der Waals surface area contributed by atoms with Crippen LogP contribution >= 0.6 is 0 Å². The van der Waals surface area contributed by atoms with Crippen LogP contribution in [0.1, 0.15) is 70.8 Å². The van der Waals surface area contributed by atoms with E-state index in [4.69, 9.17) is 19.4 Å². The van der Waals surface area contributed by atoms with Crippen molar-refractivity contribution in [2.24, 2.45) is 5.41 Å². The van der Waals surface area contributed by atoms with Gasteiger partial charge in [-0.25, -0.2) is 14.8 Å². The molecule has 1 saturated carbocycles. The van der Waals surface area contributed by atoms with Crippen molar-refractivity contribution in [3.63, 3.8) is 0 Å². The predicted octanol–water partition coefficient (Wildman–Crippen LogP) is 6.07. The van der Waals surface area contributed by atoms with Gasteiger partial charge in [0.15, 0.2) is 0 Å². The molecule has 240 valence electrons. The molecule has 2 N–H and O–H groups in total. The second kappa shape index (κ2) is 13.4. The summed E-state index contributed by atoms with van der Waals surface area (Å²) in [6.45, 7) is 18.7. The highest BCUT2D eigenvalue weighted by Gasteiger charge is 2.40. The summed E-state index contributed by atoms with van der Waals surface area (Å²) in [5, 5.41) is 14.8. The predicted molar refractivity (Wildman–Crippen MR) is 174 cm³/mol. The first-order valence-corrected chi connectivity index (χ1v) is 20.1. The molecule has 2 saturated heterocycles. The van der Waals surface area contributed by atoms with Gasteiger partial charge in [0.1, 0.15) is 24.5 Å². The molecule has 1 aliphatic carbocycles. The van der Waals surface area contributed by atoms with Crippen molar-refractivity contribution in [2.75, 3.05) is 44.8 Å². The van der Waals surface area contributed by atoms with E-state index in [2.05, 4.69) is 61.4 Å². The van der Waals surface area contributed by atoms with Gasteiger partial charge >= 0.3 is 6.09 Å². The van der Waals surface area contributed by atoms with Crippen molar-refractivity contribution in [1.82, 2.24) is 24.3 Å². The molecular weight excluding hydrogens is 560 g/mol. The van der Waals surface area contributed by atoms with E-state index < -0.39 is 14.2 Å². The van der Waals surface area contributed by atoms with Crippen LogP contribution in [0.25, 0.3) is 11.0 Å². The highest BCUT2D eigenvalue weighted by atomic mass is 28.3. The maximum atomic E-state index is 11.9. The third kappa shape index (κ3) is 7.90. The maximum Gasteiger partial charge on any atom is 0.407 e. The minimum Gasteiger partial charge on any atom is -0.465 e. The summed E-state index contributed by atoms with van der Waals surface area (Å²) in [6, 6.07) is 2.01. The van der Waals surface area contributed by atoms with Crippen LogP contribution in [0, 0.1) is 5.41 Å². The largest absolute Gasteiger partial charge is 0.465 e. The SMILES string of the molecule is CC(C)(C)C1CN(C2CCC(Nc3ncnc4c3c(C3CCOCC3)cn4COCC[Si](C)(C)C)CC2)CCN1C(=O)O. The third-order valence-corrected chi connectivity index (χ3v) is 11.5. The fourth-order valence-electron chi connectivity index (χ4n) is 7.11. The molecule has 0 radical (unpaired) electrons. The smallest absolute Gasteiger partial charge is 0.407 e. The van der Waals surface area contributed by atoms with Gasteiger partial charge in [-0.15, -0.1) is 0 Å². The highest BCUT2D eigenvalue weighted by Crippen LogP contribution is 2.38. The average molecular weight is 615 g/mol. The lowest BCUT2D eigenvalue weighted by Gasteiger charge is -2.49. The van der Waals surface area contributed by atoms with Crippen molar-refractivity contribution in [2.45, 2.75) is 116 Å². The van der Waals surface area contributed by atoms with Crippen molar-refractivity contribution in [3.8, 4) is 0 Å². The number of rotatable bonds is 9. The van der Waals surface area contributed by atoms with E-state index in [1.807, 2.05) is 0 Å². The molecule has 10 nitrogen and oxygen atoms in total. The van der Waals surface area contributed by atoms with Crippen LogP contribution in [0.5, 0.6) is 0 Å². The number of nitrogens with zero attached hydrogens (tertiary/aromatic N) is 5. The number of aromatic nitrogens is 3. The molecule has 43 heavy (non-hydrogen) atoms. The number of carboxylic acid groups (broad SMARTS) is 1. The van der Waals surface area contributed by atoms with Gasteiger partial charge in [-0.1, -0.05) is 40.4 Å². The second-order valence-corrected chi connectivity index (χ2v) is 20.8. The molecule has 1 atom stereocenters. The molecule has 4 heterocycles. The molecule has 1 unspecified atom stereocenters. The molecule has 0 spiro atoms. The Kier molecular flexibility index (Phi) is 10.0. The normalized spacial score (nSPS) is 24.9. The van der Waals surface area contributed by atoms with Gasteiger partial charge in [0, 0.05) is 65.8 Å². The summed E-state index contributed by atoms with van der Waals surface area (Å²) in [6.07, 6.45) is 9.54. The van der Waals surface area contributed by atoms with Gasteiger partial charge in [-0.3, -0.25) is 4.90 Å². The zero-order chi connectivity index (χ0) is 30.8. The summed E-state index contributed by atoms with van der Waals surface area (Å²) in [5.41, 5.74) is 2.17. The topological polar surface area (TPSA) is 105 Å². The molecule has 0 bridgehead atoms. The number of hydrogen-bond donors (Lipinski definition) is 2. The van der Waals surface area contributed by atoms with Crippen LogP contribution in [0.4, 0.5) is 10.6 Å². The van der Waals surface area contributed by atoms with E-state index in [1.54, 1.807) is 11.2 Å². The second-order valence-electron chi connectivity index (χ2n) is 15.2. The van der Waals surface area contributed by atoms with Gasteiger partial charge in [0.2, 0.25) is 0 Å². The van der Waals surface area contributed by atoms with Crippen LogP contribution in [-0.2, 0) is 16.2 Å². The van der Waals surface area contributed by atoms with Crippen LogP contribution in [0.15, 0.2) is 12.5 Å². The molecule has 3 fully saturated rings. The van der Waals surface area contributed by atoms with E-state index in [0.717, 1.165) is 94.3 Å². The average Bonchev–Trinajstić information content (AvgIpc) is 3.34. The first-order valence-electron chi connectivity index (χ1n) is 16.4. The number of anilines is 1. The quantitative estimate of drug-likeness (QED) is 0.259.